The molecule has 3 N–H and O–H groups in total. The van der Waals surface area contributed by atoms with Crippen molar-refractivity contribution in [2.75, 3.05) is 24.2 Å². The molecule has 0 aromatic heterocycles. The third-order valence-corrected chi connectivity index (χ3v) is 8.07. The fourth-order valence-corrected chi connectivity index (χ4v) is 5.86. The average molecular weight is 642 g/mol. The minimum Gasteiger partial charge on any atom is -0.497 e. The van der Waals surface area contributed by atoms with Gasteiger partial charge in [-0.2, -0.15) is 13.2 Å². The Kier molecular flexibility index (Phi) is 10.9. The van der Waals surface area contributed by atoms with Crippen molar-refractivity contribution in [3.05, 3.63) is 125 Å². The van der Waals surface area contributed by atoms with Crippen LogP contribution in [0.4, 0.5) is 24.5 Å². The summed E-state index contributed by atoms with van der Waals surface area (Å²) in [6.45, 7) is 0.00855. The summed E-state index contributed by atoms with van der Waals surface area (Å²) in [6, 6.07) is 25.8. The van der Waals surface area contributed by atoms with Crippen LogP contribution in [0, 0.1) is 0 Å². The summed E-state index contributed by atoms with van der Waals surface area (Å²) in [4.78, 5) is 13.8. The van der Waals surface area contributed by atoms with Gasteiger partial charge in [0, 0.05) is 19.2 Å². The number of ether oxygens (including phenoxy) is 1. The van der Waals surface area contributed by atoms with Crippen LogP contribution in [-0.2, 0) is 29.2 Å². The molecule has 0 saturated heterocycles. The van der Waals surface area contributed by atoms with Gasteiger partial charge in [0.25, 0.3) is 5.91 Å². The lowest BCUT2D eigenvalue weighted by Crippen LogP contribution is -2.49. The monoisotopic (exact) mass is 641 g/mol. The number of amides is 1. The van der Waals surface area contributed by atoms with Gasteiger partial charge in [-0.15, -0.1) is 0 Å². The van der Waals surface area contributed by atoms with Crippen molar-refractivity contribution in [1.82, 2.24) is 10.6 Å². The first-order chi connectivity index (χ1) is 21.4. The molecule has 4 rings (SSSR count). The smallest absolute Gasteiger partial charge is 0.416 e. The van der Waals surface area contributed by atoms with Gasteiger partial charge in [-0.05, 0) is 47.9 Å². The molecule has 12 heteroatoms. The molecule has 0 radical (unpaired) electrons. The van der Waals surface area contributed by atoms with Gasteiger partial charge >= 0.3 is 6.18 Å². The van der Waals surface area contributed by atoms with Crippen LogP contribution in [0.5, 0.6) is 5.75 Å². The van der Waals surface area contributed by atoms with Crippen LogP contribution in [0.3, 0.4) is 0 Å². The van der Waals surface area contributed by atoms with Gasteiger partial charge in [0.05, 0.1) is 48.0 Å². The quantitative estimate of drug-likeness (QED) is 0.183. The summed E-state index contributed by atoms with van der Waals surface area (Å²) in [5.74, 6) is -0.202. The molecule has 0 saturated carbocycles. The number of nitrogens with one attached hydrogen (secondary N) is 2. The Morgan fingerprint density at radius 2 is 1.58 bits per heavy atom. The van der Waals surface area contributed by atoms with E-state index in [4.69, 9.17) is 4.74 Å². The van der Waals surface area contributed by atoms with E-state index in [1.165, 1.54) is 31.4 Å². The van der Waals surface area contributed by atoms with E-state index in [1.807, 2.05) is 30.3 Å². The number of alkyl halides is 3. The summed E-state index contributed by atoms with van der Waals surface area (Å²) < 4.78 is 71.7. The number of hydrogen-bond acceptors (Lipinski definition) is 6. The predicted molar refractivity (Wildman–Crippen MR) is 167 cm³/mol. The summed E-state index contributed by atoms with van der Waals surface area (Å²) in [7, 11) is -2.47. The largest absolute Gasteiger partial charge is 0.497 e. The zero-order chi connectivity index (χ0) is 32.6. The van der Waals surface area contributed by atoms with Crippen molar-refractivity contribution in [2.45, 2.75) is 31.3 Å². The zero-order valence-corrected chi connectivity index (χ0v) is 25.5. The number of para-hydroxylation sites is 1. The van der Waals surface area contributed by atoms with Crippen molar-refractivity contribution in [2.24, 2.45) is 0 Å². The number of sulfonamides is 1. The number of hydrogen-bond donors (Lipinski definition) is 3. The number of aliphatic hydroxyl groups is 1. The minimum atomic E-state index is -4.48. The Morgan fingerprint density at radius 3 is 2.27 bits per heavy atom. The van der Waals surface area contributed by atoms with E-state index >= 15 is 0 Å². The van der Waals surface area contributed by atoms with E-state index in [1.54, 1.807) is 36.4 Å². The SMILES string of the molecule is COc1cccc(N(c2ccccc2C(=O)N[C@@H](Cc2ccccc2)[C@H](O)CNCc2cccc(C(F)(F)F)c2)S(C)(=O)=O)c1. The number of carbonyl (C=O) groups excluding carboxylic acids is 1. The number of halogens is 3. The molecule has 1 amide bonds. The minimum absolute atomic E-state index is 0.0467. The Balaban J connectivity index is 1.58. The molecule has 0 heterocycles. The lowest BCUT2D eigenvalue weighted by atomic mass is 10.00. The third kappa shape index (κ3) is 9.07. The number of anilines is 2. The molecule has 0 bridgehead atoms. The lowest BCUT2D eigenvalue weighted by Gasteiger charge is -2.28. The second kappa shape index (κ2) is 14.6. The number of methoxy groups -OCH3 is 1. The summed E-state index contributed by atoms with van der Waals surface area (Å²) in [5, 5.41) is 17.0. The standard InChI is InChI=1S/C33H34F3N3O5S/c1-44-27-15-9-14-26(20-27)39(45(2,42)43)30-17-7-6-16-28(30)32(41)38-29(19-23-10-4-3-5-11-23)31(40)22-37-21-24-12-8-13-25(18-24)33(34,35)36/h3-18,20,29,31,37,40H,19,21-22H2,1-2H3,(H,38,41)/t29-,31+/m0/s1. The predicted octanol–water partition coefficient (Wildman–Crippen LogP) is 5.30. The zero-order valence-electron chi connectivity index (χ0n) is 24.7. The van der Waals surface area contributed by atoms with Crippen molar-refractivity contribution in [3.63, 3.8) is 0 Å². The van der Waals surface area contributed by atoms with E-state index in [2.05, 4.69) is 10.6 Å². The fraction of sp³-hybridized carbons (Fsp3) is 0.242. The van der Waals surface area contributed by atoms with E-state index < -0.39 is 39.8 Å². The van der Waals surface area contributed by atoms with Gasteiger partial charge in [-0.1, -0.05) is 66.7 Å². The molecule has 0 aliphatic rings. The van der Waals surface area contributed by atoms with Crippen molar-refractivity contribution >= 4 is 27.3 Å². The van der Waals surface area contributed by atoms with E-state index in [0.717, 1.165) is 28.3 Å². The summed E-state index contributed by atoms with van der Waals surface area (Å²) >= 11 is 0. The normalized spacial score (nSPS) is 13.1. The number of rotatable bonds is 13. The van der Waals surface area contributed by atoms with Crippen LogP contribution < -0.4 is 19.7 Å². The summed E-state index contributed by atoms with van der Waals surface area (Å²) in [6.07, 6.45) is -4.38. The molecular formula is C33H34F3N3O5S. The maximum absolute atomic E-state index is 13.8. The third-order valence-electron chi connectivity index (χ3n) is 7.00. The van der Waals surface area contributed by atoms with Gasteiger partial charge < -0.3 is 20.5 Å². The molecule has 45 heavy (non-hydrogen) atoms. The molecule has 2 atom stereocenters. The molecule has 0 unspecified atom stereocenters. The Labute approximate surface area is 260 Å². The molecule has 4 aromatic carbocycles. The Hall–Kier alpha value is -4.39. The van der Waals surface area contributed by atoms with Crippen molar-refractivity contribution < 1.29 is 36.2 Å². The Bertz CT molecular complexity index is 1700. The Morgan fingerprint density at radius 1 is 0.911 bits per heavy atom. The number of benzene rings is 4. The molecule has 0 fully saturated rings. The highest BCUT2D eigenvalue weighted by atomic mass is 32.2. The first-order valence-electron chi connectivity index (χ1n) is 14.0. The van der Waals surface area contributed by atoms with Gasteiger partial charge in [-0.3, -0.25) is 4.79 Å². The lowest BCUT2D eigenvalue weighted by molar-refractivity contribution is -0.137. The molecule has 4 aromatic rings. The van der Waals surface area contributed by atoms with Crippen LogP contribution >= 0.6 is 0 Å². The topological polar surface area (TPSA) is 108 Å². The second-order valence-corrected chi connectivity index (χ2v) is 12.2. The molecule has 0 spiro atoms. The maximum Gasteiger partial charge on any atom is 0.416 e. The van der Waals surface area contributed by atoms with Crippen LogP contribution in [0.15, 0.2) is 103 Å². The highest BCUT2D eigenvalue weighted by molar-refractivity contribution is 7.92. The number of nitrogens with zero attached hydrogens (tertiary/aromatic N) is 1. The molecule has 8 nitrogen and oxygen atoms in total. The highest BCUT2D eigenvalue weighted by Crippen LogP contribution is 2.33. The fourth-order valence-electron chi connectivity index (χ4n) is 4.85. The van der Waals surface area contributed by atoms with Crippen molar-refractivity contribution in [3.8, 4) is 5.75 Å². The second-order valence-electron chi connectivity index (χ2n) is 10.4. The van der Waals surface area contributed by atoms with Crippen molar-refractivity contribution in [1.29, 1.82) is 0 Å². The molecule has 0 aliphatic heterocycles. The van der Waals surface area contributed by atoms with E-state index in [9.17, 15) is 31.5 Å². The van der Waals surface area contributed by atoms with E-state index in [0.29, 0.717) is 11.3 Å². The van der Waals surface area contributed by atoms with Gasteiger partial charge in [0.15, 0.2) is 0 Å². The first-order valence-corrected chi connectivity index (χ1v) is 15.8. The van der Waals surface area contributed by atoms with Crippen LogP contribution in [-0.4, -0.2) is 51.5 Å². The van der Waals surface area contributed by atoms with Crippen LogP contribution in [0.25, 0.3) is 0 Å². The first kappa shape index (κ1) is 33.5. The van der Waals surface area contributed by atoms with Crippen LogP contribution in [0.1, 0.15) is 27.0 Å². The summed E-state index contributed by atoms with van der Waals surface area (Å²) in [5.41, 5.74) is 0.841. The van der Waals surface area contributed by atoms with E-state index in [-0.39, 0.29) is 36.4 Å². The average Bonchev–Trinajstić information content (AvgIpc) is 3.00. The van der Waals surface area contributed by atoms with Gasteiger partial charge in [-0.25, -0.2) is 12.7 Å². The van der Waals surface area contributed by atoms with Crippen LogP contribution in [0.2, 0.25) is 0 Å². The number of carbonyl (C=O) groups is 1. The highest BCUT2D eigenvalue weighted by Gasteiger charge is 2.31. The number of aliphatic hydroxyl groups excluding tert-OH is 1. The molecule has 238 valence electrons. The molecular weight excluding hydrogens is 607 g/mol. The van der Waals surface area contributed by atoms with Gasteiger partial charge in [0.2, 0.25) is 10.0 Å². The molecule has 0 aliphatic carbocycles. The van der Waals surface area contributed by atoms with Gasteiger partial charge in [0.1, 0.15) is 5.75 Å². The maximum atomic E-state index is 13.8.